The largest absolute Gasteiger partial charge is 0.484 e. The smallest absolute Gasteiger partial charge is 0.411 e. The first-order valence-corrected chi connectivity index (χ1v) is 10.0. The van der Waals surface area contributed by atoms with Crippen LogP contribution in [0.1, 0.15) is 12.8 Å². The van der Waals surface area contributed by atoms with Crippen molar-refractivity contribution in [2.45, 2.75) is 18.9 Å². The zero-order chi connectivity index (χ0) is 20.5. The fourth-order valence-electron chi connectivity index (χ4n) is 3.23. The highest BCUT2D eigenvalue weighted by Gasteiger charge is 2.26. The van der Waals surface area contributed by atoms with Crippen LogP contribution < -0.4 is 14.8 Å². The van der Waals surface area contributed by atoms with E-state index in [0.29, 0.717) is 35.6 Å². The molecule has 2 aromatic heterocycles. The molecule has 0 spiro atoms. The second kappa shape index (κ2) is 7.84. The first-order valence-electron chi connectivity index (χ1n) is 9.65. The van der Waals surface area contributed by atoms with E-state index in [1.807, 2.05) is 18.2 Å². The number of ether oxygens (including phenoxy) is 3. The summed E-state index contributed by atoms with van der Waals surface area (Å²) in [4.78, 5) is 20.4. The highest BCUT2D eigenvalue weighted by Crippen LogP contribution is 2.39. The van der Waals surface area contributed by atoms with Gasteiger partial charge in [-0.15, -0.1) is 0 Å². The number of hydrogen-bond donors (Lipinski definition) is 1. The fraction of sp³-hybridized carbons (Fsp3) is 0.227. The lowest BCUT2D eigenvalue weighted by molar-refractivity contribution is 0.154. The monoisotopic (exact) mass is 423 g/mol. The van der Waals surface area contributed by atoms with E-state index in [-0.39, 0.29) is 6.10 Å². The van der Waals surface area contributed by atoms with Crippen molar-refractivity contribution in [1.29, 1.82) is 0 Å². The minimum absolute atomic E-state index is 0.0434. The molecule has 0 atom stereocenters. The Morgan fingerprint density at radius 2 is 1.87 bits per heavy atom. The number of rotatable bonds is 4. The lowest BCUT2D eigenvalue weighted by Gasteiger charge is -2.20. The zero-order valence-corrected chi connectivity index (χ0v) is 16.7. The number of carbonyl (C=O) groups is 1. The molecule has 3 aromatic rings. The highest BCUT2D eigenvalue weighted by molar-refractivity contribution is 6.33. The number of benzene rings is 1. The van der Waals surface area contributed by atoms with Crippen LogP contribution in [0.4, 0.5) is 10.5 Å². The van der Waals surface area contributed by atoms with E-state index in [9.17, 15) is 4.79 Å². The molecule has 0 bridgehead atoms. The van der Waals surface area contributed by atoms with E-state index in [2.05, 4.69) is 15.3 Å². The van der Waals surface area contributed by atoms with Crippen LogP contribution in [-0.4, -0.2) is 35.4 Å². The standard InChI is InChI=1S/C22H18ClN3O4/c23-19-10-15(26-22(27)30-16-2-3-16)1-4-17(19)13-9-14(12-24-11-13)18-5-6-25-21-20(18)28-7-8-29-21/h1,4-6,9-12,16H,2-3,7-8H2,(H,26,27). The van der Waals surface area contributed by atoms with Gasteiger partial charge in [0.05, 0.1) is 5.02 Å². The van der Waals surface area contributed by atoms with E-state index in [0.717, 1.165) is 35.1 Å². The van der Waals surface area contributed by atoms with Gasteiger partial charge in [-0.3, -0.25) is 10.3 Å². The number of aromatic nitrogens is 2. The first kappa shape index (κ1) is 18.7. The Labute approximate surface area is 178 Å². The molecule has 5 rings (SSSR count). The average molecular weight is 424 g/mol. The maximum atomic E-state index is 11.8. The van der Waals surface area contributed by atoms with Crippen LogP contribution in [0.15, 0.2) is 48.9 Å². The van der Waals surface area contributed by atoms with Gasteiger partial charge in [-0.1, -0.05) is 17.7 Å². The topological polar surface area (TPSA) is 82.6 Å². The Bertz CT molecular complexity index is 1120. The second-order valence-electron chi connectivity index (χ2n) is 7.08. The molecule has 8 heteroatoms. The summed E-state index contributed by atoms with van der Waals surface area (Å²) in [7, 11) is 0. The summed E-state index contributed by atoms with van der Waals surface area (Å²) in [6.07, 6.45) is 6.61. The maximum absolute atomic E-state index is 11.8. The third-order valence-corrected chi connectivity index (χ3v) is 5.13. The van der Waals surface area contributed by atoms with Gasteiger partial charge in [0.2, 0.25) is 0 Å². The van der Waals surface area contributed by atoms with Crippen LogP contribution in [0.25, 0.3) is 22.3 Å². The molecule has 1 aromatic carbocycles. The summed E-state index contributed by atoms with van der Waals surface area (Å²) in [6.45, 7) is 0.953. The Morgan fingerprint density at radius 1 is 1.07 bits per heavy atom. The number of halogens is 1. The molecule has 1 saturated carbocycles. The van der Waals surface area contributed by atoms with Crippen LogP contribution in [-0.2, 0) is 4.74 Å². The molecular weight excluding hydrogens is 406 g/mol. The number of hydrogen-bond acceptors (Lipinski definition) is 6. The van der Waals surface area contributed by atoms with Crippen molar-refractivity contribution in [3.05, 3.63) is 53.9 Å². The Kier molecular flexibility index (Phi) is 4.88. The highest BCUT2D eigenvalue weighted by atomic mass is 35.5. The molecular formula is C22H18ClN3O4. The van der Waals surface area contributed by atoms with Crippen molar-refractivity contribution >= 4 is 23.4 Å². The quantitative estimate of drug-likeness (QED) is 0.639. The molecule has 1 fully saturated rings. The molecule has 0 radical (unpaired) electrons. The van der Waals surface area contributed by atoms with Gasteiger partial charge in [0, 0.05) is 46.5 Å². The Hall–Kier alpha value is -3.32. The summed E-state index contributed by atoms with van der Waals surface area (Å²) < 4.78 is 16.5. The van der Waals surface area contributed by atoms with Crippen LogP contribution >= 0.6 is 11.6 Å². The lowest BCUT2D eigenvalue weighted by atomic mass is 10.0. The second-order valence-corrected chi connectivity index (χ2v) is 7.48. The average Bonchev–Trinajstić information content (AvgIpc) is 3.57. The normalized spacial score (nSPS) is 14.8. The number of carbonyl (C=O) groups excluding carboxylic acids is 1. The van der Waals surface area contributed by atoms with Gasteiger partial charge < -0.3 is 14.2 Å². The van der Waals surface area contributed by atoms with Gasteiger partial charge in [-0.2, -0.15) is 0 Å². The van der Waals surface area contributed by atoms with Crippen LogP contribution in [0.2, 0.25) is 5.02 Å². The number of pyridine rings is 2. The number of nitrogens with zero attached hydrogens (tertiary/aromatic N) is 2. The molecule has 2 aliphatic rings. The lowest BCUT2D eigenvalue weighted by Crippen LogP contribution is -2.16. The minimum atomic E-state index is -0.463. The molecule has 0 unspecified atom stereocenters. The van der Waals surface area contributed by atoms with Gasteiger partial charge in [-0.05, 0) is 37.1 Å². The summed E-state index contributed by atoms with van der Waals surface area (Å²) in [6, 6.07) is 9.18. The number of amides is 1. The molecule has 1 N–H and O–H groups in total. The van der Waals surface area contributed by atoms with Crippen molar-refractivity contribution in [2.24, 2.45) is 0 Å². The van der Waals surface area contributed by atoms with Crippen molar-refractivity contribution in [2.75, 3.05) is 18.5 Å². The van der Waals surface area contributed by atoms with E-state index in [1.165, 1.54) is 0 Å². The van der Waals surface area contributed by atoms with Gasteiger partial charge in [0.1, 0.15) is 19.3 Å². The first-order chi connectivity index (χ1) is 14.7. The molecule has 3 heterocycles. The Balaban J connectivity index is 1.42. The van der Waals surface area contributed by atoms with Crippen molar-refractivity contribution in [3.63, 3.8) is 0 Å². The van der Waals surface area contributed by atoms with Crippen molar-refractivity contribution < 1.29 is 19.0 Å². The van der Waals surface area contributed by atoms with Crippen LogP contribution in [0, 0.1) is 0 Å². The van der Waals surface area contributed by atoms with Gasteiger partial charge in [0.25, 0.3) is 5.88 Å². The fourth-order valence-corrected chi connectivity index (χ4v) is 3.52. The van der Waals surface area contributed by atoms with Crippen LogP contribution in [0.3, 0.4) is 0 Å². The summed E-state index contributed by atoms with van der Waals surface area (Å²) in [5, 5.41) is 3.20. The third kappa shape index (κ3) is 3.89. The molecule has 152 valence electrons. The molecule has 1 amide bonds. The summed E-state index contributed by atoms with van der Waals surface area (Å²) in [5.74, 6) is 1.10. The van der Waals surface area contributed by atoms with Gasteiger partial charge >= 0.3 is 6.09 Å². The number of anilines is 1. The van der Waals surface area contributed by atoms with E-state index >= 15 is 0 Å². The predicted octanol–water partition coefficient (Wildman–Crippen LogP) is 4.95. The maximum Gasteiger partial charge on any atom is 0.411 e. The third-order valence-electron chi connectivity index (χ3n) is 4.81. The molecule has 1 aliphatic carbocycles. The van der Waals surface area contributed by atoms with E-state index in [1.54, 1.807) is 30.7 Å². The van der Waals surface area contributed by atoms with Crippen molar-refractivity contribution in [1.82, 2.24) is 9.97 Å². The van der Waals surface area contributed by atoms with E-state index < -0.39 is 6.09 Å². The predicted molar refractivity (Wildman–Crippen MR) is 112 cm³/mol. The zero-order valence-electron chi connectivity index (χ0n) is 15.9. The van der Waals surface area contributed by atoms with Crippen molar-refractivity contribution in [3.8, 4) is 33.9 Å². The summed E-state index contributed by atoms with van der Waals surface area (Å²) in [5.41, 5.74) is 3.93. The SMILES string of the molecule is O=C(Nc1ccc(-c2cncc(-c3ccnc4c3OCCO4)c2)c(Cl)c1)OC1CC1. The van der Waals surface area contributed by atoms with Crippen LogP contribution in [0.5, 0.6) is 11.6 Å². The Morgan fingerprint density at radius 3 is 2.67 bits per heavy atom. The van der Waals surface area contributed by atoms with Gasteiger partial charge in [0.15, 0.2) is 5.75 Å². The van der Waals surface area contributed by atoms with Gasteiger partial charge in [-0.25, -0.2) is 9.78 Å². The molecule has 1 aliphatic heterocycles. The molecule has 30 heavy (non-hydrogen) atoms. The molecule has 0 saturated heterocycles. The number of nitrogens with one attached hydrogen (secondary N) is 1. The molecule has 7 nitrogen and oxygen atoms in total. The minimum Gasteiger partial charge on any atom is -0.484 e. The number of fused-ring (bicyclic) bond motifs is 1. The summed E-state index contributed by atoms with van der Waals surface area (Å²) >= 11 is 6.50. The van der Waals surface area contributed by atoms with E-state index in [4.69, 9.17) is 25.8 Å².